The van der Waals surface area contributed by atoms with Crippen molar-refractivity contribution in [2.75, 3.05) is 11.9 Å². The van der Waals surface area contributed by atoms with Gasteiger partial charge in [-0.25, -0.2) is 15.0 Å². The van der Waals surface area contributed by atoms with Crippen LogP contribution in [-0.2, 0) is 11.3 Å². The molecule has 5 N–H and O–H groups in total. The maximum Gasteiger partial charge on any atom is 0.167 e. The van der Waals surface area contributed by atoms with Gasteiger partial charge in [0.05, 0.1) is 19.5 Å². The standard InChI is InChI=1S/C15H17N5O6/c21-3-9-11(23)12(24)15(26-9)20-6-19-10-13(17-5-18-14(10)20)16-2-8-1-7(22)4-25-8/h1,4-6,9,11-12,15,21-24H,2-3H2,(H,16,17,18)/t9-,11-,12+,15?/m1/s1. The molecule has 3 aromatic rings. The largest absolute Gasteiger partial charge is 0.505 e. The molecule has 1 aliphatic heterocycles. The minimum Gasteiger partial charge on any atom is -0.505 e. The number of furan rings is 1. The van der Waals surface area contributed by atoms with Gasteiger partial charge in [-0.2, -0.15) is 0 Å². The van der Waals surface area contributed by atoms with Crippen LogP contribution in [0.15, 0.2) is 29.4 Å². The lowest BCUT2D eigenvalue weighted by Crippen LogP contribution is -2.33. The number of nitrogens with zero attached hydrogens (tertiary/aromatic N) is 4. The Morgan fingerprint density at radius 2 is 2.04 bits per heavy atom. The summed E-state index contributed by atoms with van der Waals surface area (Å²) in [6.45, 7) is -0.146. The molecule has 4 rings (SSSR count). The fourth-order valence-electron chi connectivity index (χ4n) is 2.91. The molecule has 11 nitrogen and oxygen atoms in total. The van der Waals surface area contributed by atoms with E-state index in [1.165, 1.54) is 29.6 Å². The molecular formula is C15H17N5O6. The molecule has 26 heavy (non-hydrogen) atoms. The average Bonchev–Trinajstić information content (AvgIpc) is 3.32. The zero-order valence-corrected chi connectivity index (χ0v) is 13.4. The molecule has 0 spiro atoms. The maximum atomic E-state index is 10.2. The highest BCUT2D eigenvalue weighted by molar-refractivity contribution is 5.82. The summed E-state index contributed by atoms with van der Waals surface area (Å²) < 4.78 is 12.1. The van der Waals surface area contributed by atoms with Crippen LogP contribution in [0.3, 0.4) is 0 Å². The Kier molecular flexibility index (Phi) is 4.20. The summed E-state index contributed by atoms with van der Waals surface area (Å²) in [7, 11) is 0. The van der Waals surface area contributed by atoms with Gasteiger partial charge < -0.3 is 34.9 Å². The molecule has 0 amide bonds. The lowest BCUT2D eigenvalue weighted by molar-refractivity contribution is -0.0511. The van der Waals surface area contributed by atoms with E-state index in [4.69, 9.17) is 9.15 Å². The fraction of sp³-hybridized carbons (Fsp3) is 0.400. The van der Waals surface area contributed by atoms with Gasteiger partial charge in [-0.15, -0.1) is 0 Å². The van der Waals surface area contributed by atoms with Crippen LogP contribution in [0.25, 0.3) is 11.2 Å². The average molecular weight is 363 g/mol. The van der Waals surface area contributed by atoms with Gasteiger partial charge in [0.15, 0.2) is 29.0 Å². The molecule has 0 aromatic carbocycles. The molecule has 3 aromatic heterocycles. The Labute approximate surface area is 146 Å². The predicted molar refractivity (Wildman–Crippen MR) is 86.0 cm³/mol. The molecule has 138 valence electrons. The van der Waals surface area contributed by atoms with Crippen LogP contribution in [0.5, 0.6) is 5.75 Å². The SMILES string of the molecule is OC[C@H]1OC(n2cnc3c(NCc4cc(O)co4)ncnc32)[C@@H](O)[C@@H]1O. The smallest absolute Gasteiger partial charge is 0.167 e. The third-order valence-corrected chi connectivity index (χ3v) is 4.22. The number of fused-ring (bicyclic) bond motifs is 1. The van der Waals surface area contributed by atoms with Crippen molar-refractivity contribution in [2.24, 2.45) is 0 Å². The van der Waals surface area contributed by atoms with Gasteiger partial charge in [0.2, 0.25) is 0 Å². The second kappa shape index (κ2) is 6.53. The van der Waals surface area contributed by atoms with E-state index < -0.39 is 31.1 Å². The van der Waals surface area contributed by atoms with Crippen LogP contribution < -0.4 is 5.32 Å². The van der Waals surface area contributed by atoms with Crippen LogP contribution in [0.4, 0.5) is 5.82 Å². The summed E-state index contributed by atoms with van der Waals surface area (Å²) in [5, 5.41) is 41.7. The number of aromatic nitrogens is 4. The van der Waals surface area contributed by atoms with Crippen molar-refractivity contribution in [2.45, 2.75) is 31.1 Å². The molecule has 0 radical (unpaired) electrons. The number of imidazole rings is 1. The normalized spacial score (nSPS) is 25.8. The first-order valence-corrected chi connectivity index (χ1v) is 7.88. The summed E-state index contributed by atoms with van der Waals surface area (Å²) in [5.41, 5.74) is 0.820. The molecule has 1 unspecified atom stereocenters. The monoisotopic (exact) mass is 363 g/mol. The first-order valence-electron chi connectivity index (χ1n) is 7.88. The lowest BCUT2D eigenvalue weighted by atomic mass is 10.1. The zero-order valence-electron chi connectivity index (χ0n) is 13.4. The van der Waals surface area contributed by atoms with Gasteiger partial charge in [-0.05, 0) is 0 Å². The topological polar surface area (TPSA) is 159 Å². The first kappa shape index (κ1) is 16.7. The Bertz CT molecular complexity index is 911. The summed E-state index contributed by atoms with van der Waals surface area (Å²) >= 11 is 0. The summed E-state index contributed by atoms with van der Waals surface area (Å²) in [6, 6.07) is 1.48. The number of aliphatic hydroxyl groups is 3. The predicted octanol–water partition coefficient (Wildman–Crippen LogP) is -0.652. The Morgan fingerprint density at radius 3 is 2.73 bits per heavy atom. The third kappa shape index (κ3) is 2.76. The molecule has 0 aliphatic carbocycles. The summed E-state index contributed by atoms with van der Waals surface area (Å²) in [5.74, 6) is 0.969. The quantitative estimate of drug-likeness (QED) is 0.394. The van der Waals surface area contributed by atoms with Crippen LogP contribution >= 0.6 is 0 Å². The van der Waals surface area contributed by atoms with Gasteiger partial charge in [0.25, 0.3) is 0 Å². The van der Waals surface area contributed by atoms with Crippen molar-refractivity contribution < 1.29 is 29.6 Å². The van der Waals surface area contributed by atoms with E-state index >= 15 is 0 Å². The van der Waals surface area contributed by atoms with Crippen molar-refractivity contribution >= 4 is 17.0 Å². The second-order valence-corrected chi connectivity index (χ2v) is 5.90. The highest BCUT2D eigenvalue weighted by atomic mass is 16.6. The van der Waals surface area contributed by atoms with E-state index in [2.05, 4.69) is 20.3 Å². The number of anilines is 1. The molecule has 1 aliphatic rings. The number of aromatic hydroxyl groups is 1. The van der Waals surface area contributed by atoms with Crippen molar-refractivity contribution in [3.8, 4) is 5.75 Å². The lowest BCUT2D eigenvalue weighted by Gasteiger charge is -2.16. The highest BCUT2D eigenvalue weighted by Crippen LogP contribution is 2.32. The van der Waals surface area contributed by atoms with Crippen LogP contribution in [0.1, 0.15) is 12.0 Å². The van der Waals surface area contributed by atoms with Crippen molar-refractivity contribution in [1.29, 1.82) is 0 Å². The highest BCUT2D eigenvalue weighted by Gasteiger charge is 2.44. The molecule has 1 fully saturated rings. The molecule has 11 heteroatoms. The van der Waals surface area contributed by atoms with E-state index in [1.807, 2.05) is 0 Å². The van der Waals surface area contributed by atoms with Gasteiger partial charge in [0, 0.05) is 6.07 Å². The van der Waals surface area contributed by atoms with Gasteiger partial charge >= 0.3 is 0 Å². The number of ether oxygens (including phenoxy) is 1. The Morgan fingerprint density at radius 1 is 1.19 bits per heavy atom. The summed E-state index contributed by atoms with van der Waals surface area (Å²) in [4.78, 5) is 12.6. The van der Waals surface area contributed by atoms with Gasteiger partial charge in [-0.3, -0.25) is 4.57 Å². The first-order chi connectivity index (χ1) is 12.6. The van der Waals surface area contributed by atoms with Crippen molar-refractivity contribution in [1.82, 2.24) is 19.5 Å². The number of hydrogen-bond acceptors (Lipinski definition) is 10. The van der Waals surface area contributed by atoms with Gasteiger partial charge in [0.1, 0.15) is 36.7 Å². The Balaban J connectivity index is 1.61. The van der Waals surface area contributed by atoms with Crippen LogP contribution in [0, 0.1) is 0 Å². The second-order valence-electron chi connectivity index (χ2n) is 5.90. The molecular weight excluding hydrogens is 346 g/mol. The van der Waals surface area contributed by atoms with E-state index in [-0.39, 0.29) is 12.3 Å². The van der Waals surface area contributed by atoms with Crippen molar-refractivity contribution in [3.63, 3.8) is 0 Å². The number of nitrogens with one attached hydrogen (secondary N) is 1. The van der Waals surface area contributed by atoms with Gasteiger partial charge in [-0.1, -0.05) is 0 Å². The van der Waals surface area contributed by atoms with Crippen LogP contribution in [-0.4, -0.2) is 64.9 Å². The van der Waals surface area contributed by atoms with Crippen LogP contribution in [0.2, 0.25) is 0 Å². The minimum absolute atomic E-state index is 0.0308. The summed E-state index contributed by atoms with van der Waals surface area (Å²) in [6.07, 6.45) is -0.304. The van der Waals surface area contributed by atoms with Crippen molar-refractivity contribution in [3.05, 3.63) is 30.7 Å². The molecule has 0 bridgehead atoms. The van der Waals surface area contributed by atoms with E-state index in [0.29, 0.717) is 22.7 Å². The molecule has 4 atom stereocenters. The van der Waals surface area contributed by atoms with E-state index in [0.717, 1.165) is 0 Å². The fourth-order valence-corrected chi connectivity index (χ4v) is 2.91. The number of hydrogen-bond donors (Lipinski definition) is 5. The molecule has 1 saturated heterocycles. The number of rotatable bonds is 5. The molecule has 4 heterocycles. The van der Waals surface area contributed by atoms with E-state index in [1.54, 1.807) is 0 Å². The molecule has 0 saturated carbocycles. The third-order valence-electron chi connectivity index (χ3n) is 4.22. The number of aliphatic hydroxyl groups excluding tert-OH is 3. The zero-order chi connectivity index (χ0) is 18.3. The maximum absolute atomic E-state index is 10.2. The Hall–Kier alpha value is -2.73. The van der Waals surface area contributed by atoms with E-state index in [9.17, 15) is 20.4 Å². The minimum atomic E-state index is -1.23.